The summed E-state index contributed by atoms with van der Waals surface area (Å²) in [6.45, 7) is 9.51. The van der Waals surface area contributed by atoms with Crippen LogP contribution >= 0.6 is 0 Å². The van der Waals surface area contributed by atoms with E-state index in [1.165, 1.54) is 18.4 Å². The number of rotatable bonds is 8. The van der Waals surface area contributed by atoms with Gasteiger partial charge in [-0.2, -0.15) is 0 Å². The van der Waals surface area contributed by atoms with Crippen LogP contribution in [0.4, 0.5) is 0 Å². The molecule has 17 heavy (non-hydrogen) atoms. The van der Waals surface area contributed by atoms with E-state index in [2.05, 4.69) is 56.4 Å². The molecule has 1 heteroatoms. The second-order valence-corrected chi connectivity index (χ2v) is 5.17. The summed E-state index contributed by atoms with van der Waals surface area (Å²) in [5.74, 6) is 0.787. The first-order chi connectivity index (χ1) is 8.22. The molecule has 0 saturated heterocycles. The van der Waals surface area contributed by atoms with Gasteiger partial charge in [-0.05, 0) is 43.7 Å². The predicted molar refractivity (Wildman–Crippen MR) is 76.0 cm³/mol. The predicted octanol–water partition coefficient (Wildman–Crippen LogP) is 3.85. The first-order valence-electron chi connectivity index (χ1n) is 6.79. The molecule has 0 aromatic heterocycles. The molecule has 0 aliphatic carbocycles. The van der Waals surface area contributed by atoms with Crippen molar-refractivity contribution in [2.75, 3.05) is 6.54 Å². The monoisotopic (exact) mass is 232 g/mol. The highest BCUT2D eigenvalue weighted by molar-refractivity contribution is 5.15. The largest absolute Gasteiger partial charge is 0.314 e. The van der Waals surface area contributed by atoms with Crippen LogP contribution in [0.15, 0.2) is 30.3 Å². The molecule has 0 aliphatic rings. The van der Waals surface area contributed by atoms with Gasteiger partial charge in [0, 0.05) is 6.04 Å². The van der Waals surface area contributed by atoms with Gasteiger partial charge in [-0.1, -0.05) is 51.1 Å². The van der Waals surface area contributed by atoms with Gasteiger partial charge in [0.2, 0.25) is 0 Å². The molecule has 95 valence electrons. The van der Waals surface area contributed by atoms with Crippen LogP contribution in [0.1, 0.15) is 38.7 Å². The van der Waals surface area contributed by atoms with Gasteiger partial charge in [-0.15, -0.1) is 0 Å². The second kappa shape index (κ2) is 8.30. The number of benzene rings is 1. The Kier molecular flexibility index (Phi) is 6.95. The molecule has 1 N–H and O–H groups in total. The van der Waals surface area contributed by atoms with Crippen LogP contribution in [0.5, 0.6) is 0 Å². The van der Waals surface area contributed by atoms with Crippen molar-refractivity contribution in [1.29, 1.82) is 0 Å². The van der Waals surface area contributed by atoms with Crippen molar-refractivity contribution >= 4 is 0 Å². The van der Waals surface area contributed by atoms with E-state index in [9.17, 15) is 0 Å². The second-order valence-electron chi connectivity index (χ2n) is 5.17. The summed E-state index contributed by atoms with van der Waals surface area (Å²) in [4.78, 5) is 0. The summed E-state index contributed by atoms with van der Waals surface area (Å²) in [6, 6.07) is 11.4. The van der Waals surface area contributed by atoms with Crippen molar-refractivity contribution < 1.29 is 0 Å². The molecule has 1 unspecified atom stereocenters. The number of hydrogen-bond donors (Lipinski definition) is 1. The maximum atomic E-state index is 3.90. The third-order valence-corrected chi connectivity index (χ3v) is 3.03. The van der Waals surface area contributed by atoms with Crippen LogP contribution in [-0.2, 0) is 6.42 Å². The molecule has 1 aromatic carbocycles. The molecule has 1 aromatic rings. The van der Waals surface area contributed by atoms with Crippen molar-refractivity contribution in [3.05, 3.63) is 42.8 Å². The maximum Gasteiger partial charge on any atom is 0.0108 e. The average Bonchev–Trinajstić information content (AvgIpc) is 2.34. The number of nitrogens with one attached hydrogen (secondary N) is 1. The first-order valence-corrected chi connectivity index (χ1v) is 6.79. The van der Waals surface area contributed by atoms with Crippen LogP contribution in [0.25, 0.3) is 0 Å². The quantitative estimate of drug-likeness (QED) is 0.718. The zero-order chi connectivity index (χ0) is 12.5. The van der Waals surface area contributed by atoms with Gasteiger partial charge in [-0.25, -0.2) is 0 Å². The van der Waals surface area contributed by atoms with E-state index in [4.69, 9.17) is 0 Å². The Balaban J connectivity index is 2.44. The molecule has 0 amide bonds. The van der Waals surface area contributed by atoms with Gasteiger partial charge in [0.25, 0.3) is 0 Å². The molecule has 0 fully saturated rings. The van der Waals surface area contributed by atoms with Crippen LogP contribution in [0.3, 0.4) is 0 Å². The summed E-state index contributed by atoms with van der Waals surface area (Å²) >= 11 is 0. The summed E-state index contributed by atoms with van der Waals surface area (Å²) in [5, 5.41) is 3.61. The van der Waals surface area contributed by atoms with E-state index < -0.39 is 0 Å². The Morgan fingerprint density at radius 3 is 2.41 bits per heavy atom. The topological polar surface area (TPSA) is 12.0 Å². The highest BCUT2D eigenvalue weighted by atomic mass is 14.9. The molecule has 0 heterocycles. The zero-order valence-corrected chi connectivity index (χ0v) is 11.3. The lowest BCUT2D eigenvalue weighted by Crippen LogP contribution is -2.32. The fraction of sp³-hybridized carbons (Fsp3) is 0.562. The fourth-order valence-corrected chi connectivity index (χ4v) is 2.02. The number of hydrogen-bond acceptors (Lipinski definition) is 1. The van der Waals surface area contributed by atoms with E-state index in [0.717, 1.165) is 25.3 Å². The lowest BCUT2D eigenvalue weighted by molar-refractivity contribution is 0.430. The van der Waals surface area contributed by atoms with Crippen molar-refractivity contribution in [2.24, 2.45) is 5.92 Å². The zero-order valence-electron chi connectivity index (χ0n) is 11.3. The molecule has 1 atom stereocenters. The summed E-state index contributed by atoms with van der Waals surface area (Å²) in [6.07, 6.45) is 4.65. The van der Waals surface area contributed by atoms with Crippen molar-refractivity contribution in [3.63, 3.8) is 0 Å². The molecule has 0 aliphatic heterocycles. The van der Waals surface area contributed by atoms with E-state index in [-0.39, 0.29) is 0 Å². The van der Waals surface area contributed by atoms with Crippen molar-refractivity contribution in [2.45, 2.75) is 45.6 Å². The standard InChI is InChI=1S/C16H26N/c1-4-12-17-16(11-10-14(2)3)13-15-8-6-5-7-9-15/h5-9,14,16-17H,1,4,10-13H2,2-3H3. The molecule has 0 saturated carbocycles. The minimum atomic E-state index is 0.599. The van der Waals surface area contributed by atoms with Gasteiger partial charge >= 0.3 is 0 Å². The maximum absolute atomic E-state index is 3.90. The van der Waals surface area contributed by atoms with Gasteiger partial charge in [0.05, 0.1) is 0 Å². The van der Waals surface area contributed by atoms with E-state index in [0.29, 0.717) is 6.04 Å². The minimum absolute atomic E-state index is 0.599. The Hall–Kier alpha value is -0.820. The normalized spacial score (nSPS) is 12.9. The first kappa shape index (κ1) is 14.2. The van der Waals surface area contributed by atoms with Crippen molar-refractivity contribution in [1.82, 2.24) is 5.32 Å². The van der Waals surface area contributed by atoms with Gasteiger partial charge < -0.3 is 5.32 Å². The van der Waals surface area contributed by atoms with Gasteiger partial charge in [0.1, 0.15) is 0 Å². The Morgan fingerprint density at radius 2 is 1.82 bits per heavy atom. The smallest absolute Gasteiger partial charge is 0.0108 e. The highest BCUT2D eigenvalue weighted by Gasteiger charge is 2.09. The summed E-state index contributed by atoms with van der Waals surface area (Å²) in [5.41, 5.74) is 1.43. The highest BCUT2D eigenvalue weighted by Crippen LogP contribution is 2.11. The Bertz CT molecular complexity index is 279. The average molecular weight is 232 g/mol. The van der Waals surface area contributed by atoms with Crippen LogP contribution < -0.4 is 5.32 Å². The van der Waals surface area contributed by atoms with Gasteiger partial charge in [-0.3, -0.25) is 0 Å². The van der Waals surface area contributed by atoms with Crippen LogP contribution in [-0.4, -0.2) is 12.6 Å². The van der Waals surface area contributed by atoms with E-state index in [1.807, 2.05) is 0 Å². The molecule has 1 nitrogen and oxygen atoms in total. The molecule has 0 bridgehead atoms. The third kappa shape index (κ3) is 6.48. The third-order valence-electron chi connectivity index (χ3n) is 3.03. The molecular formula is C16H26N. The van der Waals surface area contributed by atoms with Crippen LogP contribution in [0, 0.1) is 12.8 Å². The van der Waals surface area contributed by atoms with Crippen LogP contribution in [0.2, 0.25) is 0 Å². The minimum Gasteiger partial charge on any atom is -0.314 e. The summed E-state index contributed by atoms with van der Waals surface area (Å²) in [7, 11) is 0. The lowest BCUT2D eigenvalue weighted by atomic mass is 9.98. The van der Waals surface area contributed by atoms with E-state index in [1.54, 1.807) is 0 Å². The summed E-state index contributed by atoms with van der Waals surface area (Å²) < 4.78 is 0. The fourth-order valence-electron chi connectivity index (χ4n) is 2.02. The molecule has 1 radical (unpaired) electrons. The molecule has 1 rings (SSSR count). The SMILES string of the molecule is [CH2]CCNC(CCC(C)C)Cc1ccccc1. The lowest BCUT2D eigenvalue weighted by Gasteiger charge is -2.19. The Labute approximate surface area is 107 Å². The van der Waals surface area contributed by atoms with Crippen molar-refractivity contribution in [3.8, 4) is 0 Å². The van der Waals surface area contributed by atoms with Gasteiger partial charge in [0.15, 0.2) is 0 Å². The van der Waals surface area contributed by atoms with E-state index >= 15 is 0 Å². The molecule has 0 spiro atoms. The molecular weight excluding hydrogens is 206 g/mol. The Morgan fingerprint density at radius 1 is 1.12 bits per heavy atom.